The molecule has 7 nitrogen and oxygen atoms in total. The van der Waals surface area contributed by atoms with E-state index in [1.54, 1.807) is 0 Å². The van der Waals surface area contributed by atoms with Gasteiger partial charge in [-0.1, -0.05) is 0 Å². The van der Waals surface area contributed by atoms with Crippen LogP contribution >= 0.6 is 0 Å². The maximum Gasteiger partial charge on any atom is 0.276 e. The van der Waals surface area contributed by atoms with Crippen LogP contribution < -0.4 is 11.1 Å². The van der Waals surface area contributed by atoms with Gasteiger partial charge in [0, 0.05) is 6.04 Å². The molecule has 0 bridgehead atoms. The second-order valence-corrected chi connectivity index (χ2v) is 4.61. The summed E-state index contributed by atoms with van der Waals surface area (Å²) in [5.74, 6) is 0.649. The number of hydrogen-bond donors (Lipinski definition) is 2. The number of pyridine rings is 1. The van der Waals surface area contributed by atoms with Crippen LogP contribution in [-0.4, -0.2) is 41.0 Å². The highest BCUT2D eigenvalue weighted by atomic mass is 16.6. The van der Waals surface area contributed by atoms with E-state index in [1.165, 1.54) is 12.1 Å². The molecule has 0 amide bonds. The van der Waals surface area contributed by atoms with Crippen LogP contribution in [-0.2, 0) is 0 Å². The van der Waals surface area contributed by atoms with Crippen molar-refractivity contribution in [3.63, 3.8) is 0 Å². The highest BCUT2D eigenvalue weighted by Gasteiger charge is 2.18. The van der Waals surface area contributed by atoms with Crippen molar-refractivity contribution >= 4 is 17.3 Å². The lowest BCUT2D eigenvalue weighted by Gasteiger charge is -2.29. The standard InChI is InChI=1S/C11H17N5O2/c1-15-4-2-8(3-5-15)13-11-7-9(16(17)18)6-10(12)14-11/h6-8H,2-5H2,1H3,(H3,12,13,14). The number of nitro groups is 1. The molecule has 3 N–H and O–H groups in total. The maximum atomic E-state index is 10.7. The number of aromatic nitrogens is 1. The van der Waals surface area contributed by atoms with Crippen molar-refractivity contribution in [2.75, 3.05) is 31.2 Å². The highest BCUT2D eigenvalue weighted by Crippen LogP contribution is 2.21. The van der Waals surface area contributed by atoms with Gasteiger partial charge < -0.3 is 16.0 Å². The molecule has 18 heavy (non-hydrogen) atoms. The summed E-state index contributed by atoms with van der Waals surface area (Å²) in [6.45, 7) is 2.03. The Hall–Kier alpha value is -1.89. The smallest absolute Gasteiger partial charge is 0.276 e. The Bertz CT molecular complexity index is 443. The number of nitrogens with two attached hydrogens (primary N) is 1. The van der Waals surface area contributed by atoms with Crippen molar-refractivity contribution in [3.8, 4) is 0 Å². The first kappa shape index (κ1) is 12.6. The van der Waals surface area contributed by atoms with Crippen molar-refractivity contribution in [2.24, 2.45) is 0 Å². The summed E-state index contributed by atoms with van der Waals surface area (Å²) in [4.78, 5) is 16.6. The number of piperidine rings is 1. The molecule has 1 saturated heterocycles. The van der Waals surface area contributed by atoms with Crippen molar-refractivity contribution < 1.29 is 4.92 Å². The number of hydrogen-bond acceptors (Lipinski definition) is 6. The monoisotopic (exact) mass is 251 g/mol. The van der Waals surface area contributed by atoms with E-state index in [0.717, 1.165) is 25.9 Å². The van der Waals surface area contributed by atoms with Crippen LogP contribution in [0.5, 0.6) is 0 Å². The first-order valence-corrected chi connectivity index (χ1v) is 5.91. The SMILES string of the molecule is CN1CCC(Nc2cc([N+](=O)[O-])cc(N)n2)CC1. The quantitative estimate of drug-likeness (QED) is 0.616. The van der Waals surface area contributed by atoms with E-state index in [2.05, 4.69) is 22.2 Å². The summed E-state index contributed by atoms with van der Waals surface area (Å²) < 4.78 is 0. The Morgan fingerprint density at radius 3 is 2.78 bits per heavy atom. The van der Waals surface area contributed by atoms with Crippen LogP contribution in [0, 0.1) is 10.1 Å². The minimum atomic E-state index is -0.460. The fourth-order valence-corrected chi connectivity index (χ4v) is 2.08. The maximum absolute atomic E-state index is 10.7. The predicted molar refractivity (Wildman–Crippen MR) is 69.4 cm³/mol. The van der Waals surface area contributed by atoms with Gasteiger partial charge in [0.2, 0.25) is 0 Å². The molecule has 0 unspecified atom stereocenters. The van der Waals surface area contributed by atoms with E-state index in [9.17, 15) is 10.1 Å². The van der Waals surface area contributed by atoms with Crippen LogP contribution in [0.4, 0.5) is 17.3 Å². The van der Waals surface area contributed by atoms with Gasteiger partial charge in [0.15, 0.2) is 0 Å². The number of likely N-dealkylation sites (tertiary alicyclic amines) is 1. The van der Waals surface area contributed by atoms with Crippen molar-refractivity contribution in [3.05, 3.63) is 22.2 Å². The molecule has 0 atom stereocenters. The zero-order valence-corrected chi connectivity index (χ0v) is 10.3. The summed E-state index contributed by atoms with van der Waals surface area (Å²) >= 11 is 0. The Labute approximate surface area is 105 Å². The van der Waals surface area contributed by atoms with Gasteiger partial charge in [-0.2, -0.15) is 0 Å². The number of rotatable bonds is 3. The lowest BCUT2D eigenvalue weighted by molar-refractivity contribution is -0.384. The first-order valence-electron chi connectivity index (χ1n) is 5.91. The highest BCUT2D eigenvalue weighted by molar-refractivity contribution is 5.53. The largest absolute Gasteiger partial charge is 0.383 e. The van der Waals surface area contributed by atoms with Crippen LogP contribution in [0.1, 0.15) is 12.8 Å². The third-order valence-electron chi connectivity index (χ3n) is 3.11. The topological polar surface area (TPSA) is 97.3 Å². The molecular formula is C11H17N5O2. The first-order chi connectivity index (χ1) is 8.54. The van der Waals surface area contributed by atoms with Gasteiger partial charge in [-0.15, -0.1) is 0 Å². The predicted octanol–water partition coefficient (Wildman–Crippen LogP) is 1.08. The van der Waals surface area contributed by atoms with Gasteiger partial charge in [0.05, 0.1) is 17.1 Å². The molecule has 1 aromatic heterocycles. The normalized spacial score (nSPS) is 17.6. The molecule has 1 fully saturated rings. The third kappa shape index (κ3) is 3.07. The zero-order valence-electron chi connectivity index (χ0n) is 10.3. The molecular weight excluding hydrogens is 234 g/mol. The second-order valence-electron chi connectivity index (χ2n) is 4.61. The molecule has 1 aliphatic rings. The molecule has 0 saturated carbocycles. The summed E-state index contributed by atoms with van der Waals surface area (Å²) in [7, 11) is 2.08. The van der Waals surface area contributed by atoms with Crippen LogP contribution in [0.3, 0.4) is 0 Å². The van der Waals surface area contributed by atoms with Crippen molar-refractivity contribution in [2.45, 2.75) is 18.9 Å². The number of nitrogen functional groups attached to an aromatic ring is 1. The van der Waals surface area contributed by atoms with E-state index in [4.69, 9.17) is 5.73 Å². The van der Waals surface area contributed by atoms with E-state index >= 15 is 0 Å². The summed E-state index contributed by atoms with van der Waals surface area (Å²) in [5.41, 5.74) is 5.53. The molecule has 2 rings (SSSR count). The van der Waals surface area contributed by atoms with E-state index < -0.39 is 4.92 Å². The van der Waals surface area contributed by atoms with Gasteiger partial charge >= 0.3 is 0 Å². The van der Waals surface area contributed by atoms with Crippen molar-refractivity contribution in [1.29, 1.82) is 0 Å². The lowest BCUT2D eigenvalue weighted by atomic mass is 10.1. The lowest BCUT2D eigenvalue weighted by Crippen LogP contribution is -2.36. The molecule has 0 spiro atoms. The number of nitrogens with one attached hydrogen (secondary N) is 1. The summed E-state index contributed by atoms with van der Waals surface area (Å²) in [6.07, 6.45) is 2.00. The molecule has 0 aliphatic carbocycles. The van der Waals surface area contributed by atoms with Gasteiger partial charge in [-0.3, -0.25) is 10.1 Å². The average Bonchev–Trinajstić information content (AvgIpc) is 2.31. The fraction of sp³-hybridized carbons (Fsp3) is 0.545. The molecule has 1 aromatic rings. The van der Waals surface area contributed by atoms with Crippen molar-refractivity contribution in [1.82, 2.24) is 9.88 Å². The van der Waals surface area contributed by atoms with E-state index in [1.807, 2.05) is 0 Å². The minimum absolute atomic E-state index is 0.0297. The molecule has 0 aromatic carbocycles. The van der Waals surface area contributed by atoms with Crippen LogP contribution in [0.15, 0.2) is 12.1 Å². The molecule has 0 radical (unpaired) electrons. The third-order valence-corrected chi connectivity index (χ3v) is 3.11. The summed E-state index contributed by atoms with van der Waals surface area (Å²) in [5, 5.41) is 13.9. The van der Waals surface area contributed by atoms with Gasteiger partial charge in [-0.25, -0.2) is 4.98 Å². The van der Waals surface area contributed by atoms with E-state index in [-0.39, 0.29) is 11.5 Å². The van der Waals surface area contributed by atoms with E-state index in [0.29, 0.717) is 11.9 Å². The Morgan fingerprint density at radius 2 is 2.17 bits per heavy atom. The molecule has 2 heterocycles. The van der Waals surface area contributed by atoms with Crippen LogP contribution in [0.2, 0.25) is 0 Å². The van der Waals surface area contributed by atoms with Crippen LogP contribution in [0.25, 0.3) is 0 Å². The average molecular weight is 251 g/mol. The fourth-order valence-electron chi connectivity index (χ4n) is 2.08. The Balaban J connectivity index is 2.07. The minimum Gasteiger partial charge on any atom is -0.383 e. The molecule has 1 aliphatic heterocycles. The number of anilines is 2. The number of nitrogens with zero attached hydrogens (tertiary/aromatic N) is 3. The zero-order chi connectivity index (χ0) is 13.1. The second kappa shape index (κ2) is 5.18. The Morgan fingerprint density at radius 1 is 1.50 bits per heavy atom. The molecule has 98 valence electrons. The van der Waals surface area contributed by atoms with Gasteiger partial charge in [-0.05, 0) is 33.0 Å². The Kier molecular flexibility index (Phi) is 3.61. The summed E-state index contributed by atoms with van der Waals surface area (Å²) in [6, 6.07) is 2.99. The van der Waals surface area contributed by atoms with Gasteiger partial charge in [0.1, 0.15) is 11.6 Å². The molecule has 7 heteroatoms. The van der Waals surface area contributed by atoms with Gasteiger partial charge in [0.25, 0.3) is 5.69 Å².